The Morgan fingerprint density at radius 3 is 2.54 bits per heavy atom. The van der Waals surface area contributed by atoms with Gasteiger partial charge in [0.1, 0.15) is 6.29 Å². The monoisotopic (exact) mass is 184 g/mol. The van der Waals surface area contributed by atoms with E-state index in [1.54, 1.807) is 6.08 Å². The van der Waals surface area contributed by atoms with E-state index in [1.807, 2.05) is 0 Å². The molecular weight excluding hydrogens is 164 g/mol. The van der Waals surface area contributed by atoms with Crippen LogP contribution in [0.2, 0.25) is 0 Å². The Bertz CT molecular complexity index is 141. The Morgan fingerprint density at radius 1 is 1.23 bits per heavy atom. The molecule has 0 rings (SSSR count). The maximum atomic E-state index is 9.93. The molecule has 0 spiro atoms. The lowest BCUT2D eigenvalue weighted by Crippen LogP contribution is -2.01. The second-order valence-electron chi connectivity index (χ2n) is 3.29. The molecule has 0 bridgehead atoms. The lowest BCUT2D eigenvalue weighted by molar-refractivity contribution is -0.104. The van der Waals surface area contributed by atoms with Gasteiger partial charge in [-0.05, 0) is 12.5 Å². The molecule has 0 saturated heterocycles. The first kappa shape index (κ1) is 12.4. The SMILES string of the molecule is CCCCCCC[C@H](O)/C=C/C=O. The second-order valence-corrected chi connectivity index (χ2v) is 3.29. The molecule has 0 aliphatic carbocycles. The fourth-order valence-corrected chi connectivity index (χ4v) is 1.23. The number of aliphatic hydroxyl groups is 1. The van der Waals surface area contributed by atoms with E-state index in [2.05, 4.69) is 6.92 Å². The Kier molecular flexibility index (Phi) is 9.00. The van der Waals surface area contributed by atoms with Crippen molar-refractivity contribution in [2.75, 3.05) is 0 Å². The van der Waals surface area contributed by atoms with Gasteiger partial charge in [0, 0.05) is 0 Å². The Morgan fingerprint density at radius 2 is 1.92 bits per heavy atom. The van der Waals surface area contributed by atoms with Gasteiger partial charge < -0.3 is 5.11 Å². The topological polar surface area (TPSA) is 37.3 Å². The first-order valence-electron chi connectivity index (χ1n) is 5.11. The van der Waals surface area contributed by atoms with Gasteiger partial charge >= 0.3 is 0 Å². The summed E-state index contributed by atoms with van der Waals surface area (Å²) in [5, 5.41) is 9.29. The minimum atomic E-state index is -0.438. The van der Waals surface area contributed by atoms with Gasteiger partial charge in [0.05, 0.1) is 6.10 Å². The van der Waals surface area contributed by atoms with Crippen LogP contribution in [0.15, 0.2) is 12.2 Å². The fraction of sp³-hybridized carbons (Fsp3) is 0.727. The van der Waals surface area contributed by atoms with E-state index in [-0.39, 0.29) is 0 Å². The highest BCUT2D eigenvalue weighted by atomic mass is 16.3. The summed E-state index contributed by atoms with van der Waals surface area (Å²) in [6, 6.07) is 0. The third-order valence-corrected chi connectivity index (χ3v) is 2.02. The third kappa shape index (κ3) is 9.28. The zero-order chi connectivity index (χ0) is 9.94. The summed E-state index contributed by atoms with van der Waals surface area (Å²) in [6.45, 7) is 2.18. The number of rotatable bonds is 8. The molecule has 0 fully saturated rings. The maximum Gasteiger partial charge on any atom is 0.142 e. The molecule has 0 aliphatic rings. The predicted molar refractivity (Wildman–Crippen MR) is 54.6 cm³/mol. The van der Waals surface area contributed by atoms with Crippen LogP contribution in [-0.2, 0) is 4.79 Å². The van der Waals surface area contributed by atoms with Crippen molar-refractivity contribution in [3.8, 4) is 0 Å². The van der Waals surface area contributed by atoms with Crippen molar-refractivity contribution in [1.82, 2.24) is 0 Å². The highest BCUT2D eigenvalue weighted by Crippen LogP contribution is 2.07. The number of hydrogen-bond donors (Lipinski definition) is 1. The van der Waals surface area contributed by atoms with Gasteiger partial charge in [-0.3, -0.25) is 4.79 Å². The van der Waals surface area contributed by atoms with Crippen LogP contribution in [0.5, 0.6) is 0 Å². The molecule has 0 amide bonds. The lowest BCUT2D eigenvalue weighted by atomic mass is 10.1. The van der Waals surface area contributed by atoms with E-state index in [0.29, 0.717) is 6.29 Å². The first-order valence-corrected chi connectivity index (χ1v) is 5.11. The Hall–Kier alpha value is -0.630. The molecule has 13 heavy (non-hydrogen) atoms. The average molecular weight is 184 g/mol. The molecule has 0 unspecified atom stereocenters. The van der Waals surface area contributed by atoms with Crippen molar-refractivity contribution in [2.45, 2.75) is 51.6 Å². The maximum absolute atomic E-state index is 9.93. The van der Waals surface area contributed by atoms with Crippen LogP contribution < -0.4 is 0 Å². The average Bonchev–Trinajstić information content (AvgIpc) is 2.14. The molecule has 1 atom stereocenters. The van der Waals surface area contributed by atoms with Gasteiger partial charge in [-0.2, -0.15) is 0 Å². The quantitative estimate of drug-likeness (QED) is 0.357. The van der Waals surface area contributed by atoms with Crippen molar-refractivity contribution in [1.29, 1.82) is 0 Å². The smallest absolute Gasteiger partial charge is 0.142 e. The van der Waals surface area contributed by atoms with Crippen molar-refractivity contribution in [2.24, 2.45) is 0 Å². The molecule has 0 aromatic heterocycles. The molecule has 0 aromatic rings. The molecule has 0 saturated carbocycles. The number of aliphatic hydroxyl groups excluding tert-OH is 1. The summed E-state index contributed by atoms with van der Waals surface area (Å²) < 4.78 is 0. The third-order valence-electron chi connectivity index (χ3n) is 2.02. The predicted octanol–water partition coefficient (Wildman–Crippen LogP) is 2.46. The van der Waals surface area contributed by atoms with Gasteiger partial charge in [-0.15, -0.1) is 0 Å². The molecule has 1 N–H and O–H groups in total. The fourth-order valence-electron chi connectivity index (χ4n) is 1.23. The number of allylic oxidation sites excluding steroid dienone is 1. The standard InChI is InChI=1S/C11H20O2/c1-2-3-4-5-6-8-11(13)9-7-10-12/h7,9-11,13H,2-6,8H2,1H3/b9-7+/t11-/m0/s1. The van der Waals surface area contributed by atoms with Crippen LogP contribution in [0.3, 0.4) is 0 Å². The molecule has 0 aliphatic heterocycles. The van der Waals surface area contributed by atoms with Crippen LogP contribution >= 0.6 is 0 Å². The zero-order valence-electron chi connectivity index (χ0n) is 8.41. The number of carbonyl (C=O) groups excluding carboxylic acids is 1. The van der Waals surface area contributed by atoms with Crippen LogP contribution in [0.4, 0.5) is 0 Å². The van der Waals surface area contributed by atoms with Crippen molar-refractivity contribution >= 4 is 6.29 Å². The molecule has 2 nitrogen and oxygen atoms in total. The minimum Gasteiger partial charge on any atom is -0.389 e. The normalized spacial score (nSPS) is 13.4. The van der Waals surface area contributed by atoms with E-state index in [0.717, 1.165) is 12.8 Å². The Labute approximate surface area is 80.7 Å². The van der Waals surface area contributed by atoms with Crippen LogP contribution in [0, 0.1) is 0 Å². The summed E-state index contributed by atoms with van der Waals surface area (Å²) in [6.07, 6.45) is 9.93. The molecule has 0 aromatic carbocycles. The largest absolute Gasteiger partial charge is 0.389 e. The number of carbonyl (C=O) groups is 1. The van der Waals surface area contributed by atoms with E-state index >= 15 is 0 Å². The molecular formula is C11H20O2. The highest BCUT2D eigenvalue weighted by molar-refractivity contribution is 5.64. The van der Waals surface area contributed by atoms with Crippen molar-refractivity contribution in [3.63, 3.8) is 0 Å². The van der Waals surface area contributed by atoms with Gasteiger partial charge in [0.15, 0.2) is 0 Å². The highest BCUT2D eigenvalue weighted by Gasteiger charge is 1.97. The second kappa shape index (κ2) is 9.46. The minimum absolute atomic E-state index is 0.438. The van der Waals surface area contributed by atoms with Crippen molar-refractivity contribution < 1.29 is 9.90 Å². The van der Waals surface area contributed by atoms with Crippen LogP contribution in [0.25, 0.3) is 0 Å². The van der Waals surface area contributed by atoms with E-state index in [1.165, 1.54) is 31.8 Å². The Balaban J connectivity index is 3.21. The van der Waals surface area contributed by atoms with Gasteiger partial charge in [-0.25, -0.2) is 0 Å². The molecule has 2 heteroatoms. The molecule has 0 heterocycles. The van der Waals surface area contributed by atoms with Crippen LogP contribution in [0.1, 0.15) is 45.4 Å². The van der Waals surface area contributed by atoms with Crippen LogP contribution in [-0.4, -0.2) is 17.5 Å². The summed E-state index contributed by atoms with van der Waals surface area (Å²) >= 11 is 0. The summed E-state index contributed by atoms with van der Waals surface area (Å²) in [5.41, 5.74) is 0. The summed E-state index contributed by atoms with van der Waals surface area (Å²) in [5.74, 6) is 0. The van der Waals surface area contributed by atoms with Crippen molar-refractivity contribution in [3.05, 3.63) is 12.2 Å². The van der Waals surface area contributed by atoms with Gasteiger partial charge in [0.25, 0.3) is 0 Å². The van der Waals surface area contributed by atoms with E-state index in [9.17, 15) is 9.90 Å². The van der Waals surface area contributed by atoms with E-state index < -0.39 is 6.10 Å². The summed E-state index contributed by atoms with van der Waals surface area (Å²) in [7, 11) is 0. The summed E-state index contributed by atoms with van der Waals surface area (Å²) in [4.78, 5) is 9.93. The van der Waals surface area contributed by atoms with Gasteiger partial charge in [0.2, 0.25) is 0 Å². The molecule has 76 valence electrons. The number of hydrogen-bond acceptors (Lipinski definition) is 2. The number of unbranched alkanes of at least 4 members (excludes halogenated alkanes) is 4. The van der Waals surface area contributed by atoms with Gasteiger partial charge in [-0.1, -0.05) is 45.1 Å². The number of aldehydes is 1. The van der Waals surface area contributed by atoms with E-state index in [4.69, 9.17) is 0 Å². The first-order chi connectivity index (χ1) is 6.31. The molecule has 0 radical (unpaired) electrons. The zero-order valence-corrected chi connectivity index (χ0v) is 8.41. The lowest BCUT2D eigenvalue weighted by Gasteiger charge is -2.03.